The molecule has 0 unspecified atom stereocenters. The van der Waals surface area contributed by atoms with Crippen molar-refractivity contribution in [3.8, 4) is 0 Å². The van der Waals surface area contributed by atoms with E-state index in [1.807, 2.05) is 0 Å². The maximum absolute atomic E-state index is 0. The molecule has 0 spiro atoms. The van der Waals surface area contributed by atoms with E-state index < -0.39 is 0 Å². The Morgan fingerprint density at radius 3 is 0.250 bits per heavy atom. The normalized spacial score (nSPS) is 0. The Kier molecular flexibility index (Phi) is 13900. The Hall–Kier alpha value is 2.37. The van der Waals surface area contributed by atoms with Crippen LogP contribution in [0.1, 0.15) is 0 Å². The summed E-state index contributed by atoms with van der Waals surface area (Å²) in [7, 11) is 0. The zero-order chi connectivity index (χ0) is 0. The molecule has 0 aromatic carbocycles. The van der Waals surface area contributed by atoms with Crippen LogP contribution in [0.15, 0.2) is 0 Å². The van der Waals surface area contributed by atoms with Crippen LogP contribution in [-0.4, -0.2) is 130 Å². The summed E-state index contributed by atoms with van der Waals surface area (Å²) in [4.78, 5) is 0. The summed E-state index contributed by atoms with van der Waals surface area (Å²) >= 11 is 0. The van der Waals surface area contributed by atoms with Gasteiger partial charge in [0.2, 0.25) is 0 Å². The van der Waals surface area contributed by atoms with Crippen molar-refractivity contribution in [2.75, 3.05) is 0 Å². The number of hydrogen-bond donors (Lipinski definition) is 0. The van der Waals surface area contributed by atoms with Crippen LogP contribution in [0.4, 0.5) is 0 Å². The van der Waals surface area contributed by atoms with Crippen molar-refractivity contribution in [1.29, 1.82) is 0 Å². The van der Waals surface area contributed by atoms with Crippen molar-refractivity contribution >= 4 is 92.0 Å². The molecule has 14 N–H and O–H groups in total. The first kappa shape index (κ1) is 457. The van der Waals surface area contributed by atoms with E-state index in [4.69, 9.17) is 0 Å². The van der Waals surface area contributed by atoms with E-state index in [2.05, 4.69) is 0 Å². The van der Waals surface area contributed by atoms with Crippen molar-refractivity contribution in [1.82, 2.24) is 0 Å². The number of hydrogen-bond acceptors (Lipinski definition) is 0. The first-order valence-electron chi connectivity index (χ1n) is 0. The molecule has 0 aromatic rings. The van der Waals surface area contributed by atoms with Crippen molar-refractivity contribution in [2.24, 2.45) is 0 Å². The van der Waals surface area contributed by atoms with Crippen LogP contribution < -0.4 is 0 Å². The van der Waals surface area contributed by atoms with E-state index in [9.17, 15) is 0 Å². The standard InChI is InChI=1S/2Na.7H2O.3H4Si.2H/h;;7*1H2;3*1H4;;. The second kappa shape index (κ2) is 364. The van der Waals surface area contributed by atoms with Crippen molar-refractivity contribution < 1.29 is 38.3 Å². The summed E-state index contributed by atoms with van der Waals surface area (Å²) in [6.07, 6.45) is 0. The van der Waals surface area contributed by atoms with Gasteiger partial charge in [0.25, 0.3) is 0 Å². The average molecular weight is 270 g/mol. The first-order chi connectivity index (χ1) is 0. The Labute approximate surface area is 129 Å². The van der Waals surface area contributed by atoms with Crippen LogP contribution in [0.5, 0.6) is 0 Å². The molecule has 12 heteroatoms. The molecule has 0 aliphatic rings. The molecule has 0 atom stereocenters. The Morgan fingerprint density at radius 2 is 0.250 bits per heavy atom. The van der Waals surface area contributed by atoms with E-state index in [0.29, 0.717) is 0 Å². The smallest absolute Gasteiger partial charge is 0.0149 e. The van der Waals surface area contributed by atoms with Gasteiger partial charge in [0.1, 0.15) is 0 Å². The summed E-state index contributed by atoms with van der Waals surface area (Å²) in [5, 5.41) is 0. The Balaban J connectivity index is 0. The molecule has 0 radical (unpaired) electrons. The molecule has 0 heterocycles. The van der Waals surface area contributed by atoms with Gasteiger partial charge in [-0.25, -0.2) is 0 Å². The first-order valence-corrected chi connectivity index (χ1v) is 0. The maximum Gasteiger partial charge on any atom is -0.0149 e. The van der Waals surface area contributed by atoms with Gasteiger partial charge < -0.3 is 38.3 Å². The molecular formula is H28Na2O7Si3. The molecule has 0 saturated carbocycles. The van der Waals surface area contributed by atoms with E-state index >= 15 is 0 Å². The zero-order valence-corrected chi connectivity index (χ0v) is 3.50. The van der Waals surface area contributed by atoms with Crippen molar-refractivity contribution in [3.05, 3.63) is 0 Å². The van der Waals surface area contributed by atoms with Crippen LogP contribution in [0.3, 0.4) is 0 Å². The summed E-state index contributed by atoms with van der Waals surface area (Å²) in [5.41, 5.74) is 0. The van der Waals surface area contributed by atoms with Gasteiger partial charge in [0.15, 0.2) is 0 Å². The summed E-state index contributed by atoms with van der Waals surface area (Å²) in [6.45, 7) is 0. The Bertz CT molecular complexity index is 16.6. The predicted octanol–water partition coefficient (Wildman–Crippen LogP) is -11.4. The molecule has 0 aromatic heterocycles. The molecule has 0 aliphatic heterocycles. The molecule has 84 valence electrons. The fourth-order valence-corrected chi connectivity index (χ4v) is 0. The summed E-state index contributed by atoms with van der Waals surface area (Å²) < 4.78 is 0. The van der Waals surface area contributed by atoms with Gasteiger partial charge in [0.05, 0.1) is 0 Å². The third-order valence-corrected chi connectivity index (χ3v) is 0. The molecule has 12 heavy (non-hydrogen) atoms. The third-order valence-electron chi connectivity index (χ3n) is 0. The van der Waals surface area contributed by atoms with E-state index in [1.165, 1.54) is 0 Å². The molecule has 0 rings (SSSR count). The molecule has 0 fully saturated rings. The number of rotatable bonds is 0. The zero-order valence-electron chi connectivity index (χ0n) is 3.50. The van der Waals surface area contributed by atoms with Crippen molar-refractivity contribution in [3.63, 3.8) is 0 Å². The molecule has 0 bridgehead atoms. The van der Waals surface area contributed by atoms with Gasteiger partial charge in [-0.2, -0.15) is 0 Å². The van der Waals surface area contributed by atoms with Crippen molar-refractivity contribution in [2.45, 2.75) is 0 Å². The molecule has 7 nitrogen and oxygen atoms in total. The van der Waals surface area contributed by atoms with Gasteiger partial charge >= 0.3 is 59.1 Å². The molecule has 0 aliphatic carbocycles. The van der Waals surface area contributed by atoms with E-state index in [-0.39, 0.29) is 130 Å². The minimum Gasteiger partial charge on any atom is -0.0149 e. The molecule has 0 amide bonds. The maximum atomic E-state index is 0. The monoisotopic (exact) mass is 270 g/mol. The minimum atomic E-state index is 0. The van der Waals surface area contributed by atoms with Crippen LogP contribution in [0.25, 0.3) is 0 Å². The second-order valence-corrected chi connectivity index (χ2v) is 0. The quantitative estimate of drug-likeness (QED) is 0.374. The van der Waals surface area contributed by atoms with Gasteiger partial charge in [-0.15, -0.1) is 0 Å². The largest absolute Gasteiger partial charge is 0.0149 e. The fraction of sp³-hybridized carbons (Fsp3) is 0. The van der Waals surface area contributed by atoms with Crippen LogP contribution >= 0.6 is 0 Å². The topological polar surface area (TPSA) is 220 Å². The van der Waals surface area contributed by atoms with Gasteiger partial charge in [-0.1, -0.05) is 0 Å². The Morgan fingerprint density at radius 1 is 0.250 bits per heavy atom. The molecular weight excluding hydrogens is 242 g/mol. The van der Waals surface area contributed by atoms with Gasteiger partial charge in [0, 0.05) is 0 Å². The second-order valence-electron chi connectivity index (χ2n) is 0. The SMILES string of the molecule is O.O.O.O.O.O.O.[NaH].[NaH].[SiH4].[SiH4].[SiH4]. The minimum absolute atomic E-state index is 0. The summed E-state index contributed by atoms with van der Waals surface area (Å²) in [6, 6.07) is 0. The van der Waals surface area contributed by atoms with Crippen LogP contribution in [0.2, 0.25) is 0 Å². The fourth-order valence-electron chi connectivity index (χ4n) is 0. The van der Waals surface area contributed by atoms with Gasteiger partial charge in [-0.05, 0) is 32.9 Å². The van der Waals surface area contributed by atoms with Gasteiger partial charge in [-0.3, -0.25) is 0 Å². The average Bonchev–Trinajstić information content (AvgIpc) is 0. The van der Waals surface area contributed by atoms with E-state index in [0.717, 1.165) is 0 Å². The van der Waals surface area contributed by atoms with Crippen LogP contribution in [0, 0.1) is 0 Å². The van der Waals surface area contributed by atoms with E-state index in [1.54, 1.807) is 0 Å². The predicted molar refractivity (Wildman–Crippen MR) is 73.6 cm³/mol. The third kappa shape index (κ3) is 285. The summed E-state index contributed by atoms with van der Waals surface area (Å²) in [5.74, 6) is 0. The molecule has 0 saturated heterocycles. The van der Waals surface area contributed by atoms with Crippen LogP contribution in [-0.2, 0) is 0 Å².